The molecule has 0 aliphatic carbocycles. The lowest BCUT2D eigenvalue weighted by molar-refractivity contribution is -0.137. The van der Waals surface area contributed by atoms with E-state index in [0.29, 0.717) is 12.3 Å². The van der Waals surface area contributed by atoms with E-state index >= 15 is 0 Å². The Labute approximate surface area is 121 Å². The smallest absolute Gasteiger partial charge is 0.389 e. The molecule has 7 heteroatoms. The molecule has 0 amide bonds. The van der Waals surface area contributed by atoms with Crippen LogP contribution < -0.4 is 11.1 Å². The van der Waals surface area contributed by atoms with Gasteiger partial charge in [-0.15, -0.1) is 0 Å². The maximum Gasteiger partial charge on any atom is 0.417 e. The number of hydrogen-bond acceptors (Lipinski definition) is 3. The number of nitrogens with one attached hydrogen (secondary N) is 1. The van der Waals surface area contributed by atoms with E-state index in [9.17, 15) is 13.2 Å². The van der Waals surface area contributed by atoms with Gasteiger partial charge in [-0.1, -0.05) is 12.2 Å². The van der Waals surface area contributed by atoms with Crippen molar-refractivity contribution in [2.24, 2.45) is 5.73 Å². The summed E-state index contributed by atoms with van der Waals surface area (Å²) in [7, 11) is 1.55. The van der Waals surface area contributed by atoms with Gasteiger partial charge < -0.3 is 15.8 Å². The third-order valence-corrected chi connectivity index (χ3v) is 2.80. The minimum Gasteiger partial charge on any atom is -0.389 e. The maximum absolute atomic E-state index is 12.8. The highest BCUT2D eigenvalue weighted by molar-refractivity contribution is 7.80. The van der Waals surface area contributed by atoms with Gasteiger partial charge in [-0.25, -0.2) is 0 Å². The third-order valence-electron chi connectivity index (χ3n) is 2.58. The highest BCUT2D eigenvalue weighted by Crippen LogP contribution is 2.33. The fourth-order valence-corrected chi connectivity index (χ4v) is 2.03. The Morgan fingerprint density at radius 3 is 2.40 bits per heavy atom. The first-order valence-electron chi connectivity index (χ1n) is 5.85. The number of ether oxygens (including phenoxy) is 1. The van der Waals surface area contributed by atoms with Gasteiger partial charge in [-0.3, -0.25) is 0 Å². The van der Waals surface area contributed by atoms with E-state index in [-0.39, 0.29) is 10.6 Å². The number of methoxy groups -OCH3 is 1. The van der Waals surface area contributed by atoms with Crippen LogP contribution in [0.2, 0.25) is 0 Å². The van der Waals surface area contributed by atoms with Crippen LogP contribution in [0.5, 0.6) is 0 Å². The molecule has 0 heterocycles. The molecule has 3 N–H and O–H groups in total. The van der Waals surface area contributed by atoms with Crippen molar-refractivity contribution in [3.8, 4) is 0 Å². The number of alkyl halides is 3. The maximum atomic E-state index is 12.8. The standard InChI is InChI=1S/C13H17F3N2OS/c1-12(2,7-19-3)18-8-4-5-10(13(14,15)16)9(6-8)11(17)20/h4-6,18H,7H2,1-3H3,(H2,17,20). The van der Waals surface area contributed by atoms with E-state index in [2.05, 4.69) is 5.32 Å². The third kappa shape index (κ3) is 4.35. The number of hydrogen-bond donors (Lipinski definition) is 2. The van der Waals surface area contributed by atoms with Gasteiger partial charge in [0.05, 0.1) is 17.7 Å². The largest absolute Gasteiger partial charge is 0.417 e. The first-order chi connectivity index (χ1) is 9.07. The number of thiocarbonyl (C=S) groups is 1. The molecule has 1 aromatic carbocycles. The molecular formula is C13H17F3N2OS. The molecule has 0 atom stereocenters. The van der Waals surface area contributed by atoms with Crippen molar-refractivity contribution < 1.29 is 17.9 Å². The zero-order chi connectivity index (χ0) is 15.6. The Bertz CT molecular complexity index is 501. The molecule has 0 unspecified atom stereocenters. The summed E-state index contributed by atoms with van der Waals surface area (Å²) in [6.07, 6.45) is -4.49. The van der Waals surface area contributed by atoms with Crippen LogP contribution in [0.25, 0.3) is 0 Å². The molecule has 0 aliphatic rings. The van der Waals surface area contributed by atoms with Gasteiger partial charge in [-0.2, -0.15) is 13.2 Å². The lowest BCUT2D eigenvalue weighted by Gasteiger charge is -2.27. The normalized spacial score (nSPS) is 12.3. The molecule has 0 saturated heterocycles. The quantitative estimate of drug-likeness (QED) is 0.820. The molecule has 0 aliphatic heterocycles. The van der Waals surface area contributed by atoms with E-state index in [4.69, 9.17) is 22.7 Å². The fourth-order valence-electron chi connectivity index (χ4n) is 1.86. The lowest BCUT2D eigenvalue weighted by atomic mass is 10.0. The number of benzene rings is 1. The molecule has 3 nitrogen and oxygen atoms in total. The van der Waals surface area contributed by atoms with E-state index < -0.39 is 17.3 Å². The van der Waals surface area contributed by atoms with E-state index in [1.165, 1.54) is 12.1 Å². The van der Waals surface area contributed by atoms with Crippen LogP contribution in [-0.2, 0) is 10.9 Å². The van der Waals surface area contributed by atoms with Gasteiger partial charge in [0.15, 0.2) is 0 Å². The minimum atomic E-state index is -4.49. The van der Waals surface area contributed by atoms with Crippen molar-refractivity contribution in [1.29, 1.82) is 0 Å². The summed E-state index contributed by atoms with van der Waals surface area (Å²) in [6.45, 7) is 4.14. The minimum absolute atomic E-state index is 0.189. The molecule has 1 aromatic rings. The van der Waals surface area contributed by atoms with E-state index in [1.807, 2.05) is 13.8 Å². The summed E-state index contributed by atoms with van der Waals surface area (Å²) >= 11 is 4.70. The molecule has 0 saturated carbocycles. The second-order valence-corrected chi connectivity index (χ2v) is 5.50. The van der Waals surface area contributed by atoms with Crippen LogP contribution in [0.1, 0.15) is 25.0 Å². The lowest BCUT2D eigenvalue weighted by Crippen LogP contribution is -2.36. The Balaban J connectivity index is 3.15. The van der Waals surface area contributed by atoms with Crippen molar-refractivity contribution in [3.63, 3.8) is 0 Å². The van der Waals surface area contributed by atoms with Crippen molar-refractivity contribution in [2.75, 3.05) is 19.0 Å². The summed E-state index contributed by atoms with van der Waals surface area (Å²) < 4.78 is 43.6. The van der Waals surface area contributed by atoms with Crippen LogP contribution in [0.3, 0.4) is 0 Å². The van der Waals surface area contributed by atoms with E-state index in [1.54, 1.807) is 7.11 Å². The summed E-state index contributed by atoms with van der Waals surface area (Å²) in [6, 6.07) is 3.63. The molecule has 0 bridgehead atoms. The molecule has 112 valence electrons. The average molecular weight is 306 g/mol. The van der Waals surface area contributed by atoms with Gasteiger partial charge in [0.25, 0.3) is 0 Å². The summed E-state index contributed by atoms with van der Waals surface area (Å²) in [5, 5.41) is 3.09. The number of nitrogens with two attached hydrogens (primary N) is 1. The summed E-state index contributed by atoms with van der Waals surface area (Å²) in [4.78, 5) is -0.287. The van der Waals surface area contributed by atoms with Crippen molar-refractivity contribution >= 4 is 22.9 Å². The Morgan fingerprint density at radius 2 is 1.95 bits per heavy atom. The van der Waals surface area contributed by atoms with Crippen LogP contribution in [0.15, 0.2) is 18.2 Å². The predicted molar refractivity (Wildman–Crippen MR) is 76.9 cm³/mol. The van der Waals surface area contributed by atoms with Gasteiger partial charge >= 0.3 is 6.18 Å². The Kier molecular flexibility index (Phi) is 4.99. The molecule has 1 rings (SSSR count). The van der Waals surface area contributed by atoms with Crippen molar-refractivity contribution in [3.05, 3.63) is 29.3 Å². The zero-order valence-electron chi connectivity index (χ0n) is 11.5. The number of anilines is 1. The monoisotopic (exact) mass is 306 g/mol. The van der Waals surface area contributed by atoms with Gasteiger partial charge in [0.1, 0.15) is 4.99 Å². The molecule has 0 fully saturated rings. The van der Waals surface area contributed by atoms with Crippen LogP contribution in [-0.4, -0.2) is 24.2 Å². The average Bonchev–Trinajstić information content (AvgIpc) is 2.26. The summed E-state index contributed by atoms with van der Waals surface area (Å²) in [5.74, 6) is 0. The summed E-state index contributed by atoms with van der Waals surface area (Å²) in [5.41, 5.74) is 4.43. The molecule has 0 radical (unpaired) electrons. The van der Waals surface area contributed by atoms with Gasteiger partial charge in [0, 0.05) is 18.4 Å². The first kappa shape index (κ1) is 16.7. The van der Waals surface area contributed by atoms with Crippen molar-refractivity contribution in [1.82, 2.24) is 0 Å². The van der Waals surface area contributed by atoms with Crippen LogP contribution >= 0.6 is 12.2 Å². The van der Waals surface area contributed by atoms with Gasteiger partial charge in [-0.05, 0) is 32.0 Å². The zero-order valence-corrected chi connectivity index (χ0v) is 12.3. The highest BCUT2D eigenvalue weighted by Gasteiger charge is 2.34. The second kappa shape index (κ2) is 5.97. The topological polar surface area (TPSA) is 47.3 Å². The van der Waals surface area contributed by atoms with Gasteiger partial charge in [0.2, 0.25) is 0 Å². The molecular weight excluding hydrogens is 289 g/mol. The predicted octanol–water partition coefficient (Wildman–Crippen LogP) is 3.18. The SMILES string of the molecule is COCC(C)(C)Nc1ccc(C(F)(F)F)c(C(N)=S)c1. The molecule has 0 aromatic heterocycles. The second-order valence-electron chi connectivity index (χ2n) is 5.06. The number of halogens is 3. The first-order valence-corrected chi connectivity index (χ1v) is 6.26. The van der Waals surface area contributed by atoms with Crippen LogP contribution in [0.4, 0.5) is 18.9 Å². The van der Waals surface area contributed by atoms with Crippen molar-refractivity contribution in [2.45, 2.75) is 25.6 Å². The molecule has 0 spiro atoms. The van der Waals surface area contributed by atoms with Crippen LogP contribution in [0, 0.1) is 0 Å². The highest BCUT2D eigenvalue weighted by atomic mass is 32.1. The number of rotatable bonds is 5. The Morgan fingerprint density at radius 1 is 1.35 bits per heavy atom. The van der Waals surface area contributed by atoms with E-state index in [0.717, 1.165) is 6.07 Å². The Hall–Kier alpha value is -1.34. The fraction of sp³-hybridized carbons (Fsp3) is 0.462. The molecule has 20 heavy (non-hydrogen) atoms.